The molecule has 1 aromatic carbocycles. The number of nitrogens with zero attached hydrogens (tertiary/aromatic N) is 2. The van der Waals surface area contributed by atoms with Gasteiger partial charge in [0.25, 0.3) is 0 Å². The Hall–Kier alpha value is -1.40. The van der Waals surface area contributed by atoms with Crippen LogP contribution in [0.5, 0.6) is 0 Å². The van der Waals surface area contributed by atoms with Crippen molar-refractivity contribution in [3.8, 4) is 0 Å². The van der Waals surface area contributed by atoms with Crippen LogP contribution in [0.25, 0.3) is 0 Å². The highest BCUT2D eigenvalue weighted by atomic mass is 32.2. The molecule has 0 radical (unpaired) electrons. The van der Waals surface area contributed by atoms with E-state index in [-0.39, 0.29) is 6.09 Å². The summed E-state index contributed by atoms with van der Waals surface area (Å²) in [5.41, 5.74) is 6.06. The number of nitrogens with two attached hydrogens (primary N) is 1. The van der Waals surface area contributed by atoms with Crippen molar-refractivity contribution in [3.05, 3.63) is 24.3 Å². The summed E-state index contributed by atoms with van der Waals surface area (Å²) < 4.78 is 7.71. The van der Waals surface area contributed by atoms with E-state index in [1.165, 1.54) is 4.90 Å². The normalized spacial score (nSPS) is 16.7. The Balaban J connectivity index is 1.81. The zero-order chi connectivity index (χ0) is 17.0. The van der Waals surface area contributed by atoms with Gasteiger partial charge in [0.2, 0.25) is 0 Å². The lowest BCUT2D eigenvalue weighted by Crippen LogP contribution is -2.45. The molecule has 23 heavy (non-hydrogen) atoms. The molecule has 2 rings (SSSR count). The van der Waals surface area contributed by atoms with Crippen molar-refractivity contribution < 1.29 is 9.53 Å². The number of carbonyl (C=O) groups excluding carboxylic acids is 1. The smallest absolute Gasteiger partial charge is 0.410 e. The van der Waals surface area contributed by atoms with Crippen molar-refractivity contribution in [2.24, 2.45) is 0 Å². The topological polar surface area (TPSA) is 58.8 Å². The maximum absolute atomic E-state index is 12.1. The number of hydrogen-bond donors (Lipinski definition) is 1. The number of piperidine rings is 1. The van der Waals surface area contributed by atoms with E-state index in [0.717, 1.165) is 31.6 Å². The van der Waals surface area contributed by atoms with Gasteiger partial charge in [0.1, 0.15) is 5.60 Å². The number of nitrogen functional groups attached to an aromatic ring is 1. The molecule has 2 N–H and O–H groups in total. The zero-order valence-electron chi connectivity index (χ0n) is 14.4. The summed E-state index contributed by atoms with van der Waals surface area (Å²) in [6, 6.07) is 8.36. The Morgan fingerprint density at radius 2 is 1.83 bits per heavy atom. The lowest BCUT2D eigenvalue weighted by Gasteiger charge is -2.36. The molecular weight excluding hydrogens is 310 g/mol. The van der Waals surface area contributed by atoms with E-state index in [1.807, 2.05) is 49.9 Å². The van der Waals surface area contributed by atoms with E-state index in [9.17, 15) is 4.79 Å². The number of rotatable bonds is 3. The van der Waals surface area contributed by atoms with Crippen LogP contribution < -0.4 is 5.73 Å². The predicted octanol–water partition coefficient (Wildman–Crippen LogP) is 3.61. The SMILES string of the molecule is CN(Sc1ccc(N)cc1)C1CCN(C(=O)OC(C)(C)C)CC1. The number of ether oxygens (including phenoxy) is 1. The molecule has 0 spiro atoms. The van der Waals surface area contributed by atoms with Crippen molar-refractivity contribution in [1.29, 1.82) is 0 Å². The molecule has 1 amide bonds. The maximum atomic E-state index is 12.1. The first kappa shape index (κ1) is 17.9. The van der Waals surface area contributed by atoms with E-state index < -0.39 is 5.60 Å². The monoisotopic (exact) mass is 337 g/mol. The van der Waals surface area contributed by atoms with Crippen molar-refractivity contribution in [3.63, 3.8) is 0 Å². The summed E-state index contributed by atoms with van der Waals surface area (Å²) in [5, 5.41) is 0. The summed E-state index contributed by atoms with van der Waals surface area (Å²) in [7, 11) is 2.11. The van der Waals surface area contributed by atoms with Gasteiger partial charge in [-0.3, -0.25) is 0 Å². The number of hydrogen-bond acceptors (Lipinski definition) is 5. The third-order valence-electron chi connectivity index (χ3n) is 3.76. The standard InChI is InChI=1S/C17H27N3O2S/c1-17(2,3)22-16(21)20-11-9-14(10-12-20)19(4)23-15-7-5-13(18)6-8-15/h5-8,14H,9-12,18H2,1-4H3. The number of amides is 1. The number of likely N-dealkylation sites (tertiary alicyclic amines) is 1. The van der Waals surface area contributed by atoms with E-state index in [1.54, 1.807) is 11.9 Å². The van der Waals surface area contributed by atoms with Crippen LogP contribution in [0.1, 0.15) is 33.6 Å². The van der Waals surface area contributed by atoms with Crippen molar-refractivity contribution in [2.45, 2.75) is 50.2 Å². The van der Waals surface area contributed by atoms with Crippen LogP contribution in [0.3, 0.4) is 0 Å². The minimum Gasteiger partial charge on any atom is -0.444 e. The lowest BCUT2D eigenvalue weighted by atomic mass is 10.1. The zero-order valence-corrected chi connectivity index (χ0v) is 15.2. The van der Waals surface area contributed by atoms with Gasteiger partial charge >= 0.3 is 6.09 Å². The summed E-state index contributed by atoms with van der Waals surface area (Å²) in [5.74, 6) is 0. The number of anilines is 1. The average molecular weight is 337 g/mol. The van der Waals surface area contributed by atoms with E-state index in [2.05, 4.69) is 11.4 Å². The predicted molar refractivity (Wildman–Crippen MR) is 95.3 cm³/mol. The summed E-state index contributed by atoms with van der Waals surface area (Å²) in [6.45, 7) is 7.18. The molecule has 1 aliphatic heterocycles. The van der Waals surface area contributed by atoms with Gasteiger partial charge in [0.05, 0.1) is 0 Å². The quantitative estimate of drug-likeness (QED) is 0.674. The van der Waals surface area contributed by atoms with Crippen LogP contribution in [0.2, 0.25) is 0 Å². The van der Waals surface area contributed by atoms with E-state index in [0.29, 0.717) is 6.04 Å². The van der Waals surface area contributed by atoms with Crippen molar-refractivity contribution >= 4 is 23.7 Å². The summed E-state index contributed by atoms with van der Waals surface area (Å²) in [4.78, 5) is 15.1. The Morgan fingerprint density at radius 1 is 1.26 bits per heavy atom. The van der Waals surface area contributed by atoms with Gasteiger partial charge in [-0.15, -0.1) is 0 Å². The molecule has 0 aliphatic carbocycles. The highest BCUT2D eigenvalue weighted by Crippen LogP contribution is 2.28. The maximum Gasteiger partial charge on any atom is 0.410 e. The largest absolute Gasteiger partial charge is 0.444 e. The van der Waals surface area contributed by atoms with Gasteiger partial charge in [-0.2, -0.15) is 0 Å². The van der Waals surface area contributed by atoms with Crippen LogP contribution >= 0.6 is 11.9 Å². The molecule has 1 heterocycles. The lowest BCUT2D eigenvalue weighted by molar-refractivity contribution is 0.0185. The van der Waals surface area contributed by atoms with Gasteiger partial charge in [-0.1, -0.05) is 0 Å². The molecule has 0 bridgehead atoms. The molecule has 128 valence electrons. The van der Waals surface area contributed by atoms with Crippen LogP contribution in [-0.2, 0) is 4.74 Å². The molecule has 5 nitrogen and oxygen atoms in total. The fourth-order valence-electron chi connectivity index (χ4n) is 2.51. The Kier molecular flexibility index (Phi) is 5.81. The second-order valence-corrected chi connectivity index (χ2v) is 8.14. The van der Waals surface area contributed by atoms with Crippen LogP contribution in [-0.4, -0.2) is 47.1 Å². The fourth-order valence-corrected chi connectivity index (χ4v) is 3.46. The number of benzene rings is 1. The first-order valence-electron chi connectivity index (χ1n) is 7.99. The Morgan fingerprint density at radius 3 is 2.35 bits per heavy atom. The first-order chi connectivity index (χ1) is 10.7. The van der Waals surface area contributed by atoms with Crippen LogP contribution in [0.4, 0.5) is 10.5 Å². The molecule has 1 aromatic rings. The molecular formula is C17H27N3O2S. The van der Waals surface area contributed by atoms with Crippen LogP contribution in [0, 0.1) is 0 Å². The fraction of sp³-hybridized carbons (Fsp3) is 0.588. The van der Waals surface area contributed by atoms with Crippen LogP contribution in [0.15, 0.2) is 29.2 Å². The molecule has 1 aliphatic rings. The van der Waals surface area contributed by atoms with Crippen molar-refractivity contribution in [1.82, 2.24) is 9.21 Å². The van der Waals surface area contributed by atoms with Gasteiger partial charge < -0.3 is 15.4 Å². The summed E-state index contributed by atoms with van der Waals surface area (Å²) >= 11 is 1.72. The third kappa shape index (κ3) is 5.62. The molecule has 0 atom stereocenters. The van der Waals surface area contributed by atoms with E-state index >= 15 is 0 Å². The third-order valence-corrected chi connectivity index (χ3v) is 4.83. The van der Waals surface area contributed by atoms with Gasteiger partial charge in [0, 0.05) is 29.7 Å². The second-order valence-electron chi connectivity index (χ2n) is 6.91. The first-order valence-corrected chi connectivity index (χ1v) is 8.76. The molecule has 6 heteroatoms. The second kappa shape index (κ2) is 7.45. The highest BCUT2D eigenvalue weighted by Gasteiger charge is 2.28. The molecule has 0 saturated carbocycles. The van der Waals surface area contributed by atoms with Crippen molar-refractivity contribution in [2.75, 3.05) is 25.9 Å². The van der Waals surface area contributed by atoms with Gasteiger partial charge in [-0.05, 0) is 76.9 Å². The number of carbonyl (C=O) groups is 1. The minimum absolute atomic E-state index is 0.204. The molecule has 0 unspecified atom stereocenters. The van der Waals surface area contributed by atoms with Gasteiger partial charge in [0.15, 0.2) is 0 Å². The Labute approximate surface area is 143 Å². The molecule has 1 fully saturated rings. The average Bonchev–Trinajstić information content (AvgIpc) is 2.48. The summed E-state index contributed by atoms with van der Waals surface area (Å²) in [6.07, 6.45) is 1.71. The van der Waals surface area contributed by atoms with Gasteiger partial charge in [-0.25, -0.2) is 9.10 Å². The molecule has 0 aromatic heterocycles. The highest BCUT2D eigenvalue weighted by molar-refractivity contribution is 7.97. The Bertz CT molecular complexity index is 520. The molecule has 1 saturated heterocycles. The van der Waals surface area contributed by atoms with E-state index in [4.69, 9.17) is 10.5 Å². The minimum atomic E-state index is -0.435.